The van der Waals surface area contributed by atoms with E-state index in [1.165, 1.54) is 19.2 Å². The van der Waals surface area contributed by atoms with Gasteiger partial charge in [0, 0.05) is 23.3 Å². The molecular formula is C10H8ClN3O3S. The van der Waals surface area contributed by atoms with Crippen molar-refractivity contribution in [3.63, 3.8) is 0 Å². The van der Waals surface area contributed by atoms with Crippen LogP contribution in [0, 0.1) is 0 Å². The highest BCUT2D eigenvalue weighted by Gasteiger charge is 2.14. The summed E-state index contributed by atoms with van der Waals surface area (Å²) in [7, 11) is 0. The van der Waals surface area contributed by atoms with Crippen LogP contribution in [0.1, 0.15) is 33.5 Å². The Hall–Kier alpha value is -1.73. The first kappa shape index (κ1) is 12.7. The average molecular weight is 286 g/mol. The van der Waals surface area contributed by atoms with Gasteiger partial charge in [0.1, 0.15) is 22.3 Å². The molecule has 0 fully saturated rings. The second-order valence-corrected chi connectivity index (χ2v) is 4.78. The molecule has 6 nitrogen and oxygen atoms in total. The third kappa shape index (κ3) is 2.74. The fourth-order valence-electron chi connectivity index (χ4n) is 1.21. The largest absolute Gasteiger partial charge is 0.454 e. The van der Waals surface area contributed by atoms with E-state index in [0.29, 0.717) is 15.6 Å². The summed E-state index contributed by atoms with van der Waals surface area (Å²) in [6.07, 6.45) is 1.45. The van der Waals surface area contributed by atoms with Gasteiger partial charge in [-0.05, 0) is 13.0 Å². The van der Waals surface area contributed by atoms with E-state index in [4.69, 9.17) is 16.3 Å². The first-order valence-corrected chi connectivity index (χ1v) is 6.06. The summed E-state index contributed by atoms with van der Waals surface area (Å²) in [6, 6.07) is 1.44. The number of hydrogen-bond acceptors (Lipinski definition) is 6. The van der Waals surface area contributed by atoms with E-state index in [2.05, 4.69) is 14.6 Å². The van der Waals surface area contributed by atoms with Gasteiger partial charge in [0.15, 0.2) is 5.78 Å². The zero-order valence-corrected chi connectivity index (χ0v) is 10.8. The normalized spacial score (nSPS) is 10.3. The maximum Gasteiger partial charge on any atom is 0.355 e. The number of esters is 1. The minimum absolute atomic E-state index is 0.0530. The predicted molar refractivity (Wildman–Crippen MR) is 64.8 cm³/mol. The van der Waals surface area contributed by atoms with Crippen LogP contribution in [-0.4, -0.2) is 26.3 Å². The number of H-pyrrole nitrogens is 1. The molecule has 0 aliphatic carbocycles. The van der Waals surface area contributed by atoms with Gasteiger partial charge in [-0.25, -0.2) is 4.79 Å². The molecule has 0 unspecified atom stereocenters. The minimum Gasteiger partial charge on any atom is -0.454 e. The Labute approximate surface area is 111 Å². The molecule has 0 amide bonds. The molecule has 0 aromatic carbocycles. The number of carbonyl (C=O) groups is 2. The lowest BCUT2D eigenvalue weighted by molar-refractivity contribution is 0.0461. The number of nitrogens with one attached hydrogen (secondary N) is 1. The Bertz CT molecular complexity index is 593. The van der Waals surface area contributed by atoms with E-state index in [1.807, 2.05) is 0 Å². The first-order valence-electron chi connectivity index (χ1n) is 4.91. The molecule has 0 atom stereocenters. The molecular weight excluding hydrogens is 278 g/mol. The van der Waals surface area contributed by atoms with Crippen molar-refractivity contribution in [1.29, 1.82) is 0 Å². The Kier molecular flexibility index (Phi) is 3.73. The van der Waals surface area contributed by atoms with Crippen molar-refractivity contribution in [2.24, 2.45) is 0 Å². The summed E-state index contributed by atoms with van der Waals surface area (Å²) in [4.78, 5) is 25.4. The third-order valence-electron chi connectivity index (χ3n) is 2.16. The Balaban J connectivity index is 1.99. The van der Waals surface area contributed by atoms with Crippen molar-refractivity contribution >= 4 is 34.9 Å². The van der Waals surface area contributed by atoms with Gasteiger partial charge >= 0.3 is 5.97 Å². The molecule has 0 saturated heterocycles. The van der Waals surface area contributed by atoms with Crippen LogP contribution in [0.3, 0.4) is 0 Å². The van der Waals surface area contributed by atoms with Crippen LogP contribution in [-0.2, 0) is 11.3 Å². The van der Waals surface area contributed by atoms with E-state index in [9.17, 15) is 9.59 Å². The van der Waals surface area contributed by atoms with Gasteiger partial charge in [-0.15, -0.1) is 5.10 Å². The van der Waals surface area contributed by atoms with Crippen molar-refractivity contribution in [1.82, 2.24) is 14.6 Å². The van der Waals surface area contributed by atoms with Crippen molar-refractivity contribution in [3.05, 3.63) is 33.6 Å². The second-order valence-electron chi connectivity index (χ2n) is 3.43. The molecule has 94 valence electrons. The molecule has 2 rings (SSSR count). The van der Waals surface area contributed by atoms with E-state index >= 15 is 0 Å². The minimum atomic E-state index is -0.577. The maximum absolute atomic E-state index is 11.6. The molecule has 8 heteroatoms. The van der Waals surface area contributed by atoms with Gasteiger partial charge in [-0.2, -0.15) is 0 Å². The predicted octanol–water partition coefficient (Wildman–Crippen LogP) is 2.08. The number of carbonyl (C=O) groups excluding carboxylic acids is 2. The number of rotatable bonds is 4. The third-order valence-corrected chi connectivity index (χ3v) is 3.14. The van der Waals surface area contributed by atoms with Gasteiger partial charge in [-0.1, -0.05) is 16.1 Å². The Morgan fingerprint density at radius 3 is 2.89 bits per heavy atom. The molecule has 2 heterocycles. The van der Waals surface area contributed by atoms with Crippen molar-refractivity contribution < 1.29 is 14.3 Å². The summed E-state index contributed by atoms with van der Waals surface area (Å²) in [5, 5.41) is 3.71. The number of Topliss-reactive ketones (excluding diaryl/α,β-unsaturated/α-hetero) is 1. The molecule has 2 aromatic rings. The highest BCUT2D eigenvalue weighted by molar-refractivity contribution is 7.10. The summed E-state index contributed by atoms with van der Waals surface area (Å²) >= 11 is 6.79. The van der Waals surface area contributed by atoms with Gasteiger partial charge in [0.25, 0.3) is 0 Å². The number of halogens is 1. The molecule has 0 radical (unpaired) electrons. The fraction of sp³-hybridized carbons (Fsp3) is 0.200. The van der Waals surface area contributed by atoms with Gasteiger partial charge in [-0.3, -0.25) is 4.79 Å². The number of aromatic amines is 1. The lowest BCUT2D eigenvalue weighted by atomic mass is 10.2. The summed E-state index contributed by atoms with van der Waals surface area (Å²) < 4.78 is 8.99. The van der Waals surface area contributed by atoms with E-state index in [-0.39, 0.29) is 18.1 Å². The molecule has 0 aliphatic rings. The average Bonchev–Trinajstić information content (AvgIpc) is 2.94. The highest BCUT2D eigenvalue weighted by atomic mass is 35.5. The molecule has 0 bridgehead atoms. The first-order chi connectivity index (χ1) is 8.58. The van der Waals surface area contributed by atoms with E-state index in [1.54, 1.807) is 0 Å². The van der Waals surface area contributed by atoms with Crippen LogP contribution in [0.4, 0.5) is 0 Å². The fourth-order valence-corrected chi connectivity index (χ4v) is 1.81. The van der Waals surface area contributed by atoms with Crippen LogP contribution >= 0.6 is 23.1 Å². The lowest BCUT2D eigenvalue weighted by Crippen LogP contribution is -2.06. The van der Waals surface area contributed by atoms with Crippen LogP contribution in [0.5, 0.6) is 0 Å². The molecule has 0 saturated carbocycles. The second kappa shape index (κ2) is 5.28. The lowest BCUT2D eigenvalue weighted by Gasteiger charge is -2.00. The Morgan fingerprint density at radius 1 is 1.56 bits per heavy atom. The maximum atomic E-state index is 11.6. The number of hydrogen-bond donors (Lipinski definition) is 1. The van der Waals surface area contributed by atoms with Crippen molar-refractivity contribution in [2.45, 2.75) is 13.5 Å². The monoisotopic (exact) mass is 285 g/mol. The Morgan fingerprint density at radius 2 is 2.33 bits per heavy atom. The van der Waals surface area contributed by atoms with Crippen molar-refractivity contribution in [2.75, 3.05) is 0 Å². The quantitative estimate of drug-likeness (QED) is 0.687. The number of aromatic nitrogens is 3. The standard InChI is InChI=1S/C10H8ClN3O3S/c1-5(15)6-2-7(12-3-6)10(16)17-4-8-9(11)18-14-13-8/h2-3,12H,4H2,1H3. The number of ether oxygens (including phenoxy) is 1. The zero-order valence-electron chi connectivity index (χ0n) is 9.27. The van der Waals surface area contributed by atoms with Crippen LogP contribution < -0.4 is 0 Å². The summed E-state index contributed by atoms with van der Waals surface area (Å²) in [5.74, 6) is -0.705. The summed E-state index contributed by atoms with van der Waals surface area (Å²) in [5.41, 5.74) is 1.04. The van der Waals surface area contributed by atoms with E-state index < -0.39 is 5.97 Å². The van der Waals surface area contributed by atoms with Gasteiger partial charge in [0.2, 0.25) is 0 Å². The van der Waals surface area contributed by atoms with Gasteiger partial charge < -0.3 is 9.72 Å². The SMILES string of the molecule is CC(=O)c1c[nH]c(C(=O)OCc2nnsc2Cl)c1. The zero-order chi connectivity index (χ0) is 13.1. The number of ketones is 1. The van der Waals surface area contributed by atoms with Crippen LogP contribution in [0.25, 0.3) is 0 Å². The van der Waals surface area contributed by atoms with Crippen LogP contribution in [0.15, 0.2) is 12.3 Å². The van der Waals surface area contributed by atoms with Crippen molar-refractivity contribution in [3.8, 4) is 0 Å². The molecule has 0 aliphatic heterocycles. The van der Waals surface area contributed by atoms with E-state index in [0.717, 1.165) is 11.5 Å². The molecule has 2 aromatic heterocycles. The topological polar surface area (TPSA) is 84.9 Å². The molecule has 18 heavy (non-hydrogen) atoms. The number of nitrogens with zero attached hydrogens (tertiary/aromatic N) is 2. The smallest absolute Gasteiger partial charge is 0.355 e. The highest BCUT2D eigenvalue weighted by Crippen LogP contribution is 2.18. The van der Waals surface area contributed by atoms with Crippen LogP contribution in [0.2, 0.25) is 4.34 Å². The van der Waals surface area contributed by atoms with Gasteiger partial charge in [0.05, 0.1) is 0 Å². The summed E-state index contributed by atoms with van der Waals surface area (Å²) in [6.45, 7) is 1.36. The molecule has 1 N–H and O–H groups in total. The molecule has 0 spiro atoms.